The molecule has 0 spiro atoms. The average molecular weight is 256 g/mol. The number of nitrogens with zero attached hydrogens (tertiary/aromatic N) is 1. The van der Waals surface area contributed by atoms with Gasteiger partial charge in [-0.25, -0.2) is 4.98 Å². The summed E-state index contributed by atoms with van der Waals surface area (Å²) in [5.74, 6) is 0. The molecule has 1 aliphatic rings. The summed E-state index contributed by atoms with van der Waals surface area (Å²) in [6.45, 7) is 2.24. The van der Waals surface area contributed by atoms with Crippen LogP contribution in [0.4, 0.5) is 0 Å². The smallest absolute Gasteiger partial charge is 0.166 e. The second-order valence-corrected chi connectivity index (χ2v) is 5.08. The number of thioether (sulfide) groups is 1. The average Bonchev–Trinajstić information content (AvgIpc) is 2.86. The summed E-state index contributed by atoms with van der Waals surface area (Å²) in [7, 11) is 0. The summed E-state index contributed by atoms with van der Waals surface area (Å²) in [6, 6.07) is 8.17. The number of hydrogen-bond donors (Lipinski definition) is 2. The number of aromatic amines is 1. The van der Waals surface area contributed by atoms with Crippen LogP contribution in [0, 0.1) is 0 Å². The van der Waals surface area contributed by atoms with Crippen LogP contribution in [0.2, 0.25) is 0 Å². The summed E-state index contributed by atoms with van der Waals surface area (Å²) in [5, 5.41) is 5.08. The van der Waals surface area contributed by atoms with Crippen LogP contribution in [0.1, 0.15) is 6.42 Å². The summed E-state index contributed by atoms with van der Waals surface area (Å²) >= 11 is 1.85. The second-order valence-electron chi connectivity index (χ2n) is 3.79. The first-order valence-electron chi connectivity index (χ1n) is 5.24. The van der Waals surface area contributed by atoms with E-state index in [1.807, 2.05) is 30.0 Å². The van der Waals surface area contributed by atoms with Gasteiger partial charge in [0.2, 0.25) is 0 Å². The molecule has 0 bridgehead atoms. The van der Waals surface area contributed by atoms with E-state index in [2.05, 4.69) is 21.4 Å². The fourth-order valence-electron chi connectivity index (χ4n) is 1.87. The molecule has 5 heteroatoms. The molecule has 16 heavy (non-hydrogen) atoms. The van der Waals surface area contributed by atoms with Crippen LogP contribution in [-0.4, -0.2) is 28.3 Å². The molecule has 1 aliphatic heterocycles. The van der Waals surface area contributed by atoms with Gasteiger partial charge in [-0.15, -0.1) is 12.4 Å². The Kier molecular flexibility index (Phi) is 3.74. The number of rotatable bonds is 2. The number of imidazole rings is 1. The molecule has 1 saturated heterocycles. The van der Waals surface area contributed by atoms with E-state index in [-0.39, 0.29) is 12.4 Å². The molecule has 0 radical (unpaired) electrons. The van der Waals surface area contributed by atoms with Crippen LogP contribution >= 0.6 is 24.2 Å². The van der Waals surface area contributed by atoms with E-state index in [0.29, 0.717) is 5.25 Å². The lowest BCUT2D eigenvalue weighted by Crippen LogP contribution is -2.10. The summed E-state index contributed by atoms with van der Waals surface area (Å²) < 4.78 is 0. The highest BCUT2D eigenvalue weighted by atomic mass is 35.5. The first-order valence-corrected chi connectivity index (χ1v) is 6.12. The van der Waals surface area contributed by atoms with Crippen molar-refractivity contribution in [2.75, 3.05) is 13.1 Å². The van der Waals surface area contributed by atoms with Gasteiger partial charge in [0, 0.05) is 11.8 Å². The topological polar surface area (TPSA) is 40.7 Å². The van der Waals surface area contributed by atoms with Gasteiger partial charge >= 0.3 is 0 Å². The van der Waals surface area contributed by atoms with E-state index in [1.54, 1.807) is 0 Å². The Morgan fingerprint density at radius 2 is 2.19 bits per heavy atom. The maximum Gasteiger partial charge on any atom is 0.166 e. The van der Waals surface area contributed by atoms with Gasteiger partial charge in [-0.2, -0.15) is 0 Å². The zero-order valence-electron chi connectivity index (χ0n) is 8.77. The molecule has 3 nitrogen and oxygen atoms in total. The quantitative estimate of drug-likeness (QED) is 0.866. The van der Waals surface area contributed by atoms with Gasteiger partial charge in [-0.3, -0.25) is 0 Å². The summed E-state index contributed by atoms with van der Waals surface area (Å²) in [5.41, 5.74) is 2.19. The van der Waals surface area contributed by atoms with E-state index in [9.17, 15) is 0 Å². The molecular weight excluding hydrogens is 242 g/mol. The van der Waals surface area contributed by atoms with Crippen LogP contribution < -0.4 is 5.32 Å². The normalized spacial score (nSPS) is 19.9. The van der Waals surface area contributed by atoms with Crippen LogP contribution in [0.3, 0.4) is 0 Å². The van der Waals surface area contributed by atoms with Gasteiger partial charge in [0.05, 0.1) is 11.0 Å². The lowest BCUT2D eigenvalue weighted by molar-refractivity contribution is 0.858. The van der Waals surface area contributed by atoms with Crippen molar-refractivity contribution in [1.82, 2.24) is 15.3 Å². The van der Waals surface area contributed by atoms with Gasteiger partial charge in [0.25, 0.3) is 0 Å². The van der Waals surface area contributed by atoms with Crippen molar-refractivity contribution in [3.63, 3.8) is 0 Å². The molecule has 0 amide bonds. The third kappa shape index (κ3) is 2.34. The molecule has 3 rings (SSSR count). The predicted octanol–water partition coefficient (Wildman–Crippen LogP) is 2.44. The molecule has 1 aromatic heterocycles. The standard InChI is InChI=1S/C11H13N3S.ClH/c1-2-4-10-9(3-1)13-11(14-10)15-8-5-6-12-7-8;/h1-4,8,12H,5-7H2,(H,13,14);1H/t8-;/m0./s1. The minimum absolute atomic E-state index is 0. The molecule has 2 heterocycles. The molecule has 0 unspecified atom stereocenters. The molecule has 1 aromatic carbocycles. The lowest BCUT2D eigenvalue weighted by atomic mass is 10.3. The van der Waals surface area contributed by atoms with E-state index >= 15 is 0 Å². The number of hydrogen-bond acceptors (Lipinski definition) is 3. The Labute approximate surface area is 105 Å². The van der Waals surface area contributed by atoms with E-state index in [4.69, 9.17) is 0 Å². The zero-order chi connectivity index (χ0) is 10.1. The molecule has 0 aliphatic carbocycles. The highest BCUT2D eigenvalue weighted by Gasteiger charge is 2.17. The van der Waals surface area contributed by atoms with Crippen molar-refractivity contribution in [1.29, 1.82) is 0 Å². The van der Waals surface area contributed by atoms with Crippen molar-refractivity contribution >= 4 is 35.2 Å². The Balaban J connectivity index is 0.000000963. The predicted molar refractivity (Wildman–Crippen MR) is 70.5 cm³/mol. The molecule has 2 N–H and O–H groups in total. The Hall–Kier alpha value is -0.710. The van der Waals surface area contributed by atoms with Crippen LogP contribution in [0.5, 0.6) is 0 Å². The number of fused-ring (bicyclic) bond motifs is 1. The van der Waals surface area contributed by atoms with Crippen molar-refractivity contribution in [2.24, 2.45) is 0 Å². The number of H-pyrrole nitrogens is 1. The second kappa shape index (κ2) is 5.08. The maximum absolute atomic E-state index is 4.56. The Bertz CT molecular complexity index is 432. The molecule has 1 fully saturated rings. The molecule has 0 saturated carbocycles. The van der Waals surface area contributed by atoms with Gasteiger partial charge in [-0.1, -0.05) is 23.9 Å². The SMILES string of the molecule is Cl.c1ccc2[nH]c(S[C@H]3CCNC3)nc2c1. The first kappa shape index (κ1) is 11.8. The Morgan fingerprint density at radius 3 is 2.94 bits per heavy atom. The number of nitrogens with one attached hydrogen (secondary N) is 2. The number of halogens is 1. The molecule has 1 atom stereocenters. The minimum Gasteiger partial charge on any atom is -0.333 e. The van der Waals surface area contributed by atoms with E-state index in [1.165, 1.54) is 6.42 Å². The van der Waals surface area contributed by atoms with Gasteiger partial charge < -0.3 is 10.3 Å². The van der Waals surface area contributed by atoms with E-state index < -0.39 is 0 Å². The molecular formula is C11H14ClN3S. The number of aromatic nitrogens is 2. The molecule has 86 valence electrons. The van der Waals surface area contributed by atoms with Gasteiger partial charge in [-0.05, 0) is 25.1 Å². The zero-order valence-corrected chi connectivity index (χ0v) is 10.4. The monoisotopic (exact) mass is 255 g/mol. The fraction of sp³-hybridized carbons (Fsp3) is 0.364. The highest BCUT2D eigenvalue weighted by molar-refractivity contribution is 7.99. The third-order valence-corrected chi connectivity index (χ3v) is 3.81. The maximum atomic E-state index is 4.56. The van der Waals surface area contributed by atoms with Gasteiger partial charge in [0.1, 0.15) is 0 Å². The van der Waals surface area contributed by atoms with Crippen LogP contribution in [0.15, 0.2) is 29.4 Å². The van der Waals surface area contributed by atoms with Crippen LogP contribution in [-0.2, 0) is 0 Å². The summed E-state index contributed by atoms with van der Waals surface area (Å²) in [6.07, 6.45) is 1.24. The largest absolute Gasteiger partial charge is 0.333 e. The van der Waals surface area contributed by atoms with Crippen molar-refractivity contribution in [3.05, 3.63) is 24.3 Å². The van der Waals surface area contributed by atoms with Crippen LogP contribution in [0.25, 0.3) is 11.0 Å². The minimum atomic E-state index is 0. The van der Waals surface area contributed by atoms with Crippen molar-refractivity contribution in [2.45, 2.75) is 16.8 Å². The number of benzene rings is 1. The first-order chi connectivity index (χ1) is 7.42. The third-order valence-electron chi connectivity index (χ3n) is 2.66. The highest BCUT2D eigenvalue weighted by Crippen LogP contribution is 2.26. The number of para-hydroxylation sites is 2. The van der Waals surface area contributed by atoms with Crippen molar-refractivity contribution in [3.8, 4) is 0 Å². The van der Waals surface area contributed by atoms with Gasteiger partial charge in [0.15, 0.2) is 5.16 Å². The Morgan fingerprint density at radius 1 is 1.31 bits per heavy atom. The van der Waals surface area contributed by atoms with E-state index in [0.717, 1.165) is 29.3 Å². The summed E-state index contributed by atoms with van der Waals surface area (Å²) in [4.78, 5) is 7.90. The molecule has 2 aromatic rings. The van der Waals surface area contributed by atoms with Crippen molar-refractivity contribution < 1.29 is 0 Å². The fourth-order valence-corrected chi connectivity index (χ4v) is 2.94. The lowest BCUT2D eigenvalue weighted by Gasteiger charge is -2.03.